The number of hydrogen-bond acceptors (Lipinski definition) is 8. The van der Waals surface area contributed by atoms with E-state index in [1.807, 2.05) is 36.4 Å². The zero-order valence-corrected chi connectivity index (χ0v) is 22.4. The minimum absolute atomic E-state index is 0.279. The fourth-order valence-electron chi connectivity index (χ4n) is 3.80. The molecule has 2 aromatic carbocycles. The summed E-state index contributed by atoms with van der Waals surface area (Å²) in [4.78, 5) is 24.3. The molecule has 3 aromatic rings. The van der Waals surface area contributed by atoms with Gasteiger partial charge in [0.25, 0.3) is 5.91 Å². The first-order valence-corrected chi connectivity index (χ1v) is 12.1. The Morgan fingerprint density at radius 1 is 1.06 bits per heavy atom. The molecule has 192 valence electrons. The third-order valence-electron chi connectivity index (χ3n) is 5.59. The van der Waals surface area contributed by atoms with Gasteiger partial charge in [0, 0.05) is 37.6 Å². The number of halogens is 1. The molecule has 1 unspecified atom stereocenters. The van der Waals surface area contributed by atoms with Crippen molar-refractivity contribution in [3.8, 4) is 22.8 Å². The molecule has 0 radical (unpaired) electrons. The van der Waals surface area contributed by atoms with Crippen molar-refractivity contribution in [2.45, 2.75) is 13.0 Å². The van der Waals surface area contributed by atoms with Crippen LogP contribution in [0.15, 0.2) is 53.1 Å². The standard InChI is InChI=1S/C24H26BrN3O5.C2H4O/c1-30-20-14-17(15-21(31-2)22(20)25)19-8-9-28(26-19)24(29)23(32-3)16-4-6-18(7-5-16)27-10-12-33-13-11-27;1-2-3/h4-9,14-15,23H,10-13H2,1-3H3;2H,1H3. The number of morpholine rings is 1. The van der Waals surface area contributed by atoms with Crippen molar-refractivity contribution >= 4 is 33.8 Å². The lowest BCUT2D eigenvalue weighted by molar-refractivity contribution is -0.106. The second-order valence-electron chi connectivity index (χ2n) is 7.72. The third-order valence-corrected chi connectivity index (χ3v) is 6.37. The average molecular weight is 560 g/mol. The molecule has 4 rings (SSSR count). The van der Waals surface area contributed by atoms with Crippen LogP contribution in [0.1, 0.15) is 23.4 Å². The van der Waals surface area contributed by atoms with Gasteiger partial charge in [0.2, 0.25) is 0 Å². The largest absolute Gasteiger partial charge is 0.495 e. The van der Waals surface area contributed by atoms with Gasteiger partial charge in [-0.3, -0.25) is 4.79 Å². The van der Waals surface area contributed by atoms with Crippen molar-refractivity contribution < 1.29 is 28.5 Å². The summed E-state index contributed by atoms with van der Waals surface area (Å²) >= 11 is 3.47. The molecule has 0 bridgehead atoms. The Morgan fingerprint density at radius 3 is 2.17 bits per heavy atom. The molecule has 1 atom stereocenters. The lowest BCUT2D eigenvalue weighted by atomic mass is 10.1. The molecule has 10 heteroatoms. The van der Waals surface area contributed by atoms with Crippen LogP contribution in [0.3, 0.4) is 0 Å². The Morgan fingerprint density at radius 2 is 1.64 bits per heavy atom. The number of anilines is 1. The van der Waals surface area contributed by atoms with E-state index in [9.17, 15) is 4.79 Å². The van der Waals surface area contributed by atoms with Gasteiger partial charge < -0.3 is 28.6 Å². The van der Waals surface area contributed by atoms with E-state index in [-0.39, 0.29) is 5.91 Å². The Kier molecular flexibility index (Phi) is 10.0. The van der Waals surface area contributed by atoms with Crippen LogP contribution < -0.4 is 14.4 Å². The van der Waals surface area contributed by atoms with E-state index in [2.05, 4.69) is 25.9 Å². The van der Waals surface area contributed by atoms with Crippen molar-refractivity contribution in [3.05, 3.63) is 58.7 Å². The van der Waals surface area contributed by atoms with Gasteiger partial charge in [0.15, 0.2) is 6.10 Å². The van der Waals surface area contributed by atoms with Crippen molar-refractivity contribution in [3.63, 3.8) is 0 Å². The number of benzene rings is 2. The van der Waals surface area contributed by atoms with Gasteiger partial charge in [-0.15, -0.1) is 0 Å². The first-order chi connectivity index (χ1) is 17.5. The van der Waals surface area contributed by atoms with Crippen molar-refractivity contribution in [1.29, 1.82) is 0 Å². The molecule has 36 heavy (non-hydrogen) atoms. The summed E-state index contributed by atoms with van der Waals surface area (Å²) in [5, 5.41) is 4.48. The smallest absolute Gasteiger partial charge is 0.280 e. The predicted molar refractivity (Wildman–Crippen MR) is 140 cm³/mol. The summed E-state index contributed by atoms with van der Waals surface area (Å²) < 4.78 is 23.8. The molecule has 9 nitrogen and oxygen atoms in total. The number of aromatic nitrogens is 2. The molecule has 0 spiro atoms. The normalized spacial score (nSPS) is 13.9. The van der Waals surface area contributed by atoms with Crippen LogP contribution in [-0.4, -0.2) is 69.6 Å². The second kappa shape index (κ2) is 13.2. The fourth-order valence-corrected chi connectivity index (χ4v) is 4.35. The highest BCUT2D eigenvalue weighted by atomic mass is 79.9. The zero-order chi connectivity index (χ0) is 26.1. The minimum Gasteiger partial charge on any atom is -0.495 e. The zero-order valence-electron chi connectivity index (χ0n) is 20.8. The molecule has 0 amide bonds. The lowest BCUT2D eigenvalue weighted by Crippen LogP contribution is -2.36. The quantitative estimate of drug-likeness (QED) is 0.393. The SMILES string of the molecule is CC=O.COc1cc(-c2ccn(C(=O)C(OC)c3ccc(N4CCOCC4)cc3)n2)cc(OC)c1Br. The van der Waals surface area contributed by atoms with Gasteiger partial charge in [-0.1, -0.05) is 12.1 Å². The van der Waals surface area contributed by atoms with Crippen LogP contribution in [0, 0.1) is 0 Å². The first kappa shape index (κ1) is 27.4. The van der Waals surface area contributed by atoms with Crippen LogP contribution in [0.2, 0.25) is 0 Å². The van der Waals surface area contributed by atoms with Gasteiger partial charge in [0.1, 0.15) is 22.3 Å². The first-order valence-electron chi connectivity index (χ1n) is 11.3. The van der Waals surface area contributed by atoms with Crippen molar-refractivity contribution in [2.75, 3.05) is 52.5 Å². The molecule has 1 aliphatic heterocycles. The lowest BCUT2D eigenvalue weighted by Gasteiger charge is -2.29. The molecule has 1 saturated heterocycles. The molecule has 1 fully saturated rings. The number of carbonyl (C=O) groups is 2. The number of aldehydes is 1. The molecule has 1 aliphatic rings. The van der Waals surface area contributed by atoms with Crippen molar-refractivity contribution in [1.82, 2.24) is 9.78 Å². The number of carbonyl (C=O) groups excluding carboxylic acids is 2. The third kappa shape index (κ3) is 6.31. The molecule has 1 aromatic heterocycles. The van der Waals surface area contributed by atoms with E-state index in [0.717, 1.165) is 49.4 Å². The highest BCUT2D eigenvalue weighted by molar-refractivity contribution is 9.10. The van der Waals surface area contributed by atoms with Gasteiger partial charge in [0.05, 0.1) is 33.1 Å². The molecular formula is C26H30BrN3O6. The van der Waals surface area contributed by atoms with Crippen LogP contribution in [-0.2, 0) is 14.3 Å². The monoisotopic (exact) mass is 559 g/mol. The number of hydrogen-bond donors (Lipinski definition) is 0. The van der Waals surface area contributed by atoms with Gasteiger partial charge in [-0.05, 0) is 58.7 Å². The van der Waals surface area contributed by atoms with Crippen LogP contribution in [0.25, 0.3) is 11.3 Å². The van der Waals surface area contributed by atoms with Crippen LogP contribution in [0.4, 0.5) is 5.69 Å². The Labute approximate surface area is 219 Å². The molecule has 0 saturated carbocycles. The van der Waals surface area contributed by atoms with E-state index in [1.165, 1.54) is 18.7 Å². The molecular weight excluding hydrogens is 530 g/mol. The maximum atomic E-state index is 13.2. The number of rotatable bonds is 7. The summed E-state index contributed by atoms with van der Waals surface area (Å²) in [6.45, 7) is 4.60. The fraction of sp³-hybridized carbons (Fsp3) is 0.346. The maximum Gasteiger partial charge on any atom is 0.280 e. The van der Waals surface area contributed by atoms with Gasteiger partial charge >= 0.3 is 0 Å². The van der Waals surface area contributed by atoms with Gasteiger partial charge in [-0.25, -0.2) is 4.68 Å². The summed E-state index contributed by atoms with van der Waals surface area (Å²) in [7, 11) is 4.69. The Hall–Kier alpha value is -3.21. The topological polar surface area (TPSA) is 92.1 Å². The summed E-state index contributed by atoms with van der Waals surface area (Å²) in [6, 6.07) is 13.3. The van der Waals surface area contributed by atoms with E-state index in [1.54, 1.807) is 26.5 Å². The van der Waals surface area contributed by atoms with Crippen LogP contribution >= 0.6 is 15.9 Å². The highest BCUT2D eigenvalue weighted by Crippen LogP contribution is 2.38. The maximum absolute atomic E-state index is 13.2. The van der Waals surface area contributed by atoms with E-state index >= 15 is 0 Å². The Bertz CT molecular complexity index is 1130. The molecule has 2 heterocycles. The van der Waals surface area contributed by atoms with E-state index < -0.39 is 6.10 Å². The number of ether oxygens (including phenoxy) is 4. The molecule has 0 N–H and O–H groups in total. The Balaban J connectivity index is 0.00000115. The van der Waals surface area contributed by atoms with Crippen LogP contribution in [0.5, 0.6) is 11.5 Å². The number of nitrogens with zero attached hydrogens (tertiary/aromatic N) is 3. The molecule has 0 aliphatic carbocycles. The predicted octanol–water partition coefficient (Wildman–Crippen LogP) is 4.40. The van der Waals surface area contributed by atoms with E-state index in [4.69, 9.17) is 23.7 Å². The van der Waals surface area contributed by atoms with E-state index in [0.29, 0.717) is 21.7 Å². The summed E-state index contributed by atoms with van der Waals surface area (Å²) in [6.07, 6.45) is 1.61. The number of methoxy groups -OCH3 is 3. The highest BCUT2D eigenvalue weighted by Gasteiger charge is 2.24. The van der Waals surface area contributed by atoms with Crippen molar-refractivity contribution in [2.24, 2.45) is 0 Å². The average Bonchev–Trinajstić information content (AvgIpc) is 3.41. The summed E-state index contributed by atoms with van der Waals surface area (Å²) in [5.74, 6) is 0.944. The second-order valence-corrected chi connectivity index (χ2v) is 8.51. The minimum atomic E-state index is -0.773. The van der Waals surface area contributed by atoms with Gasteiger partial charge in [-0.2, -0.15) is 5.10 Å². The summed E-state index contributed by atoms with van der Waals surface area (Å²) in [5.41, 5.74) is 3.25.